The van der Waals surface area contributed by atoms with E-state index in [-0.39, 0.29) is 17.6 Å². The normalized spacial score (nSPS) is 15.2. The Bertz CT molecular complexity index is 785. The van der Waals surface area contributed by atoms with Crippen molar-refractivity contribution < 1.29 is 9.59 Å². The molecule has 1 saturated heterocycles. The number of nitrogens with zero attached hydrogens (tertiary/aromatic N) is 1. The largest absolute Gasteiger partial charge is 0.339 e. The molecule has 0 atom stereocenters. The van der Waals surface area contributed by atoms with Crippen molar-refractivity contribution in [2.24, 2.45) is 5.92 Å². The zero-order valence-electron chi connectivity index (χ0n) is 13.8. The van der Waals surface area contributed by atoms with E-state index in [1.165, 1.54) is 0 Å². The molecule has 0 aliphatic carbocycles. The second kappa shape index (κ2) is 8.15. The van der Waals surface area contributed by atoms with Crippen LogP contribution < -0.4 is 0 Å². The summed E-state index contributed by atoms with van der Waals surface area (Å²) in [5.41, 5.74) is 1.55. The van der Waals surface area contributed by atoms with Crippen molar-refractivity contribution in [2.45, 2.75) is 19.3 Å². The molecule has 1 aliphatic rings. The van der Waals surface area contributed by atoms with Gasteiger partial charge >= 0.3 is 0 Å². The number of Topliss-reactive ketones (excluding diaryl/α,β-unsaturated/α-hetero) is 1. The monoisotopic (exact) mass is 419 g/mol. The molecular weight excluding hydrogens is 402 g/mol. The minimum Gasteiger partial charge on any atom is -0.339 e. The number of carbonyl (C=O) groups excluding carboxylic acids is 2. The molecule has 1 heterocycles. The summed E-state index contributed by atoms with van der Waals surface area (Å²) in [4.78, 5) is 27.0. The molecule has 5 heteroatoms. The van der Waals surface area contributed by atoms with Crippen molar-refractivity contribution in [1.82, 2.24) is 4.90 Å². The highest BCUT2D eigenvalue weighted by Crippen LogP contribution is 2.25. The number of amides is 1. The number of carbonyl (C=O) groups is 2. The van der Waals surface area contributed by atoms with Gasteiger partial charge in [-0.1, -0.05) is 57.9 Å². The van der Waals surface area contributed by atoms with Gasteiger partial charge in [-0.25, -0.2) is 0 Å². The third-order valence-corrected chi connectivity index (χ3v) is 5.77. The molecular formula is C20H19BrClNO2. The van der Waals surface area contributed by atoms with Crippen LogP contribution in [0.4, 0.5) is 0 Å². The Hall–Kier alpha value is -1.65. The van der Waals surface area contributed by atoms with Crippen LogP contribution in [0.2, 0.25) is 5.02 Å². The number of piperidine rings is 1. The van der Waals surface area contributed by atoms with Gasteiger partial charge in [0.2, 0.25) is 0 Å². The highest BCUT2D eigenvalue weighted by Gasteiger charge is 2.28. The Kier molecular flexibility index (Phi) is 5.92. The molecule has 0 bridgehead atoms. The standard InChI is InChI=1S/C20H19BrClNO2/c21-17-7-3-1-5-15(17)13-19(24)14-9-11-23(12-10-14)20(25)16-6-2-4-8-18(16)22/h1-8,14H,9-13H2. The number of likely N-dealkylation sites (tertiary alicyclic amines) is 1. The first-order chi connectivity index (χ1) is 12.1. The summed E-state index contributed by atoms with van der Waals surface area (Å²) in [6.07, 6.45) is 1.85. The Balaban J connectivity index is 1.58. The molecule has 25 heavy (non-hydrogen) atoms. The molecule has 3 rings (SSSR count). The zero-order chi connectivity index (χ0) is 17.8. The number of benzene rings is 2. The van der Waals surface area contributed by atoms with E-state index in [2.05, 4.69) is 15.9 Å². The average molecular weight is 421 g/mol. The van der Waals surface area contributed by atoms with Gasteiger partial charge in [0.05, 0.1) is 10.6 Å². The number of hydrogen-bond donors (Lipinski definition) is 0. The predicted octanol–water partition coefficient (Wildman–Crippen LogP) is 4.77. The van der Waals surface area contributed by atoms with Crippen LogP contribution in [-0.4, -0.2) is 29.7 Å². The maximum atomic E-state index is 12.6. The lowest BCUT2D eigenvalue weighted by molar-refractivity contribution is -0.123. The van der Waals surface area contributed by atoms with Crippen molar-refractivity contribution in [3.05, 3.63) is 69.2 Å². The Morgan fingerprint density at radius 3 is 2.36 bits per heavy atom. The van der Waals surface area contributed by atoms with Crippen LogP contribution in [0.15, 0.2) is 53.0 Å². The van der Waals surface area contributed by atoms with Crippen LogP contribution in [0.3, 0.4) is 0 Å². The minimum atomic E-state index is -0.0534. The first-order valence-electron chi connectivity index (χ1n) is 8.36. The zero-order valence-corrected chi connectivity index (χ0v) is 16.1. The lowest BCUT2D eigenvalue weighted by atomic mass is 9.89. The number of halogens is 2. The molecule has 0 unspecified atom stereocenters. The maximum absolute atomic E-state index is 12.6. The quantitative estimate of drug-likeness (QED) is 0.715. The summed E-state index contributed by atoms with van der Waals surface area (Å²) in [6, 6.07) is 14.9. The Labute approximate surface area is 161 Å². The van der Waals surface area contributed by atoms with E-state index in [1.807, 2.05) is 36.4 Å². The molecule has 1 fully saturated rings. The Morgan fingerprint density at radius 1 is 1.04 bits per heavy atom. The third-order valence-electron chi connectivity index (χ3n) is 4.66. The fraction of sp³-hybridized carbons (Fsp3) is 0.300. The van der Waals surface area contributed by atoms with Gasteiger partial charge in [0.25, 0.3) is 5.91 Å². The van der Waals surface area contributed by atoms with Crippen molar-refractivity contribution in [3.63, 3.8) is 0 Å². The van der Waals surface area contributed by atoms with Gasteiger partial charge in [0.1, 0.15) is 5.78 Å². The van der Waals surface area contributed by atoms with Crippen LogP contribution in [-0.2, 0) is 11.2 Å². The van der Waals surface area contributed by atoms with Crippen LogP contribution in [0.1, 0.15) is 28.8 Å². The molecule has 0 radical (unpaired) electrons. The molecule has 0 aromatic heterocycles. The van der Waals surface area contributed by atoms with E-state index in [0.717, 1.165) is 10.0 Å². The van der Waals surface area contributed by atoms with Crippen LogP contribution >= 0.6 is 27.5 Å². The van der Waals surface area contributed by atoms with Crippen LogP contribution in [0.25, 0.3) is 0 Å². The fourth-order valence-electron chi connectivity index (χ4n) is 3.18. The van der Waals surface area contributed by atoms with Crippen molar-refractivity contribution in [3.8, 4) is 0 Å². The molecule has 1 aliphatic heterocycles. The second-order valence-electron chi connectivity index (χ2n) is 6.28. The molecule has 130 valence electrons. The summed E-state index contributed by atoms with van der Waals surface area (Å²) < 4.78 is 0.967. The summed E-state index contributed by atoms with van der Waals surface area (Å²) in [5.74, 6) is 0.210. The second-order valence-corrected chi connectivity index (χ2v) is 7.54. The van der Waals surface area contributed by atoms with Gasteiger partial charge in [0.15, 0.2) is 0 Å². The summed E-state index contributed by atoms with van der Waals surface area (Å²) >= 11 is 9.61. The predicted molar refractivity (Wildman–Crippen MR) is 103 cm³/mol. The van der Waals surface area contributed by atoms with E-state index in [9.17, 15) is 9.59 Å². The molecule has 3 nitrogen and oxygen atoms in total. The number of rotatable bonds is 4. The van der Waals surface area contributed by atoms with Gasteiger partial charge in [0, 0.05) is 29.9 Å². The van der Waals surface area contributed by atoms with Crippen molar-refractivity contribution >= 4 is 39.2 Å². The van der Waals surface area contributed by atoms with Crippen molar-refractivity contribution in [2.75, 3.05) is 13.1 Å². The van der Waals surface area contributed by atoms with E-state index >= 15 is 0 Å². The Morgan fingerprint density at radius 2 is 1.68 bits per heavy atom. The summed E-state index contributed by atoms with van der Waals surface area (Å²) in [7, 11) is 0. The number of hydrogen-bond acceptors (Lipinski definition) is 2. The van der Waals surface area contributed by atoms with Crippen LogP contribution in [0, 0.1) is 5.92 Å². The molecule has 1 amide bonds. The van der Waals surface area contributed by atoms with Gasteiger partial charge in [-0.3, -0.25) is 9.59 Å². The SMILES string of the molecule is O=C(Cc1ccccc1Br)C1CCN(C(=O)c2ccccc2Cl)CC1. The van der Waals surface area contributed by atoms with Gasteiger partial charge in [-0.05, 0) is 36.6 Å². The lowest BCUT2D eigenvalue weighted by Gasteiger charge is -2.31. The first kappa shape index (κ1) is 18.2. The average Bonchev–Trinajstić information content (AvgIpc) is 2.63. The molecule has 0 saturated carbocycles. The topological polar surface area (TPSA) is 37.4 Å². The highest BCUT2D eigenvalue weighted by molar-refractivity contribution is 9.10. The van der Waals surface area contributed by atoms with E-state index in [0.29, 0.717) is 42.9 Å². The fourth-order valence-corrected chi connectivity index (χ4v) is 3.82. The van der Waals surface area contributed by atoms with E-state index in [4.69, 9.17) is 11.6 Å². The first-order valence-corrected chi connectivity index (χ1v) is 9.53. The molecule has 2 aromatic carbocycles. The van der Waals surface area contributed by atoms with E-state index < -0.39 is 0 Å². The third kappa shape index (κ3) is 4.31. The smallest absolute Gasteiger partial charge is 0.255 e. The molecule has 0 N–H and O–H groups in total. The highest BCUT2D eigenvalue weighted by atomic mass is 79.9. The van der Waals surface area contributed by atoms with Gasteiger partial charge < -0.3 is 4.90 Å². The van der Waals surface area contributed by atoms with Crippen LogP contribution in [0.5, 0.6) is 0 Å². The van der Waals surface area contributed by atoms with Gasteiger partial charge in [-0.2, -0.15) is 0 Å². The maximum Gasteiger partial charge on any atom is 0.255 e. The van der Waals surface area contributed by atoms with E-state index in [1.54, 1.807) is 17.0 Å². The summed E-state index contributed by atoms with van der Waals surface area (Å²) in [6.45, 7) is 1.19. The molecule has 0 spiro atoms. The van der Waals surface area contributed by atoms with Crippen molar-refractivity contribution in [1.29, 1.82) is 0 Å². The number of ketones is 1. The summed E-state index contributed by atoms with van der Waals surface area (Å²) in [5, 5.41) is 0.472. The molecule has 2 aromatic rings. The lowest BCUT2D eigenvalue weighted by Crippen LogP contribution is -2.40. The minimum absolute atomic E-state index is 0.0161. The van der Waals surface area contributed by atoms with Gasteiger partial charge in [-0.15, -0.1) is 0 Å².